The van der Waals surface area contributed by atoms with Crippen LogP contribution in [0.1, 0.15) is 25.0 Å². The van der Waals surface area contributed by atoms with Gasteiger partial charge in [-0.15, -0.1) is 0 Å². The van der Waals surface area contributed by atoms with E-state index in [9.17, 15) is 5.11 Å². The molecule has 152 valence electrons. The van der Waals surface area contributed by atoms with E-state index in [1.54, 1.807) is 0 Å². The molecule has 3 aromatic rings. The molecule has 1 fully saturated rings. The predicted molar refractivity (Wildman–Crippen MR) is 109 cm³/mol. The fourth-order valence-corrected chi connectivity index (χ4v) is 4.51. The monoisotopic (exact) mass is 393 g/mol. The summed E-state index contributed by atoms with van der Waals surface area (Å²) in [5.41, 5.74) is 2.09. The first-order valence-electron chi connectivity index (χ1n) is 10.4. The number of nitrogens with one attached hydrogen (secondary N) is 1. The zero-order chi connectivity index (χ0) is 19.6. The van der Waals surface area contributed by atoms with Crippen molar-refractivity contribution < 1.29 is 9.84 Å². The number of aryl methyl sites for hydroxylation is 1. The van der Waals surface area contributed by atoms with E-state index in [1.807, 2.05) is 41.3 Å². The summed E-state index contributed by atoms with van der Waals surface area (Å²) in [5.74, 6) is 2.25. The molecule has 0 radical (unpaired) electrons. The third-order valence-electron chi connectivity index (χ3n) is 5.93. The number of hydrogen-bond acceptors (Lipinski definition) is 5. The van der Waals surface area contributed by atoms with E-state index in [0.717, 1.165) is 61.9 Å². The van der Waals surface area contributed by atoms with Crippen LogP contribution in [0.3, 0.4) is 0 Å². The topological polar surface area (TPSA) is 77.1 Å². The second kappa shape index (κ2) is 8.00. The second-order valence-electron chi connectivity index (χ2n) is 8.06. The predicted octanol–water partition coefficient (Wildman–Crippen LogP) is 2.46. The van der Waals surface area contributed by atoms with Crippen molar-refractivity contribution in [2.24, 2.45) is 5.92 Å². The number of ether oxygens (including phenoxy) is 1. The van der Waals surface area contributed by atoms with Gasteiger partial charge in [0, 0.05) is 56.1 Å². The minimum Gasteiger partial charge on any atom is -0.478 e. The van der Waals surface area contributed by atoms with Crippen LogP contribution in [0.25, 0.3) is 11.4 Å². The van der Waals surface area contributed by atoms with Crippen molar-refractivity contribution in [1.29, 1.82) is 0 Å². The van der Waals surface area contributed by atoms with Gasteiger partial charge in [0.15, 0.2) is 0 Å². The summed E-state index contributed by atoms with van der Waals surface area (Å²) in [4.78, 5) is 4.54. The highest BCUT2D eigenvalue weighted by molar-refractivity contribution is 5.55. The summed E-state index contributed by atoms with van der Waals surface area (Å²) >= 11 is 0. The number of imidazole rings is 1. The fourth-order valence-electron chi connectivity index (χ4n) is 4.51. The Labute approximate surface area is 170 Å². The molecule has 7 nitrogen and oxygen atoms in total. The lowest BCUT2D eigenvalue weighted by molar-refractivity contribution is 0.145. The maximum absolute atomic E-state index is 10.6. The number of aromatic nitrogens is 4. The van der Waals surface area contributed by atoms with Crippen LogP contribution in [0.4, 0.5) is 0 Å². The lowest BCUT2D eigenvalue weighted by atomic mass is 10.1. The zero-order valence-corrected chi connectivity index (χ0v) is 16.4. The third kappa shape index (κ3) is 3.93. The summed E-state index contributed by atoms with van der Waals surface area (Å²) in [6.07, 6.45) is 6.29. The van der Waals surface area contributed by atoms with Crippen molar-refractivity contribution in [3.05, 3.63) is 54.5 Å². The average Bonchev–Trinajstić information content (AvgIpc) is 3.45. The van der Waals surface area contributed by atoms with Gasteiger partial charge in [0.2, 0.25) is 5.88 Å². The van der Waals surface area contributed by atoms with Crippen molar-refractivity contribution in [2.75, 3.05) is 6.61 Å². The SMILES string of the molecule is O[C@@H]1CC(Cn2ccnc2-c2ccccc2)C[C@H]1NCc1cc2n(n1)CCCO2. The molecule has 5 rings (SSSR count). The van der Waals surface area contributed by atoms with Crippen LogP contribution in [-0.4, -0.2) is 43.2 Å². The van der Waals surface area contributed by atoms with Crippen LogP contribution in [0.2, 0.25) is 0 Å². The smallest absolute Gasteiger partial charge is 0.212 e. The molecule has 0 amide bonds. The minimum absolute atomic E-state index is 0.0864. The van der Waals surface area contributed by atoms with E-state index in [4.69, 9.17) is 4.74 Å². The van der Waals surface area contributed by atoms with Gasteiger partial charge in [-0.05, 0) is 18.8 Å². The van der Waals surface area contributed by atoms with Crippen molar-refractivity contribution >= 4 is 0 Å². The van der Waals surface area contributed by atoms with Gasteiger partial charge in [-0.25, -0.2) is 9.67 Å². The molecule has 1 aliphatic carbocycles. The number of hydrogen-bond donors (Lipinski definition) is 2. The fraction of sp³-hybridized carbons (Fsp3) is 0.455. The molecule has 3 atom stereocenters. The zero-order valence-electron chi connectivity index (χ0n) is 16.4. The summed E-state index contributed by atoms with van der Waals surface area (Å²) in [6.45, 7) is 3.20. The molecule has 2 N–H and O–H groups in total. The molecule has 1 saturated carbocycles. The Morgan fingerprint density at radius 3 is 2.97 bits per heavy atom. The number of fused-ring (bicyclic) bond motifs is 1. The van der Waals surface area contributed by atoms with Crippen molar-refractivity contribution in [3.8, 4) is 17.3 Å². The number of aliphatic hydroxyl groups excluding tert-OH is 1. The summed E-state index contributed by atoms with van der Waals surface area (Å²) < 4.78 is 9.77. The largest absolute Gasteiger partial charge is 0.478 e. The molecule has 2 aliphatic rings. The molecule has 7 heteroatoms. The van der Waals surface area contributed by atoms with Gasteiger partial charge in [0.25, 0.3) is 0 Å². The van der Waals surface area contributed by atoms with Crippen LogP contribution in [0.15, 0.2) is 48.8 Å². The summed E-state index contributed by atoms with van der Waals surface area (Å²) in [6, 6.07) is 12.3. The normalized spacial score (nSPS) is 23.7. The van der Waals surface area contributed by atoms with Crippen LogP contribution in [0.5, 0.6) is 5.88 Å². The van der Waals surface area contributed by atoms with Gasteiger partial charge in [-0.2, -0.15) is 5.10 Å². The summed E-state index contributed by atoms with van der Waals surface area (Å²) in [5, 5.41) is 18.7. The highest BCUT2D eigenvalue weighted by atomic mass is 16.5. The Bertz CT molecular complexity index is 928. The van der Waals surface area contributed by atoms with E-state index in [-0.39, 0.29) is 12.1 Å². The Hall–Kier alpha value is -2.64. The molecule has 1 aromatic carbocycles. The Kier molecular flexibility index (Phi) is 5.08. The van der Waals surface area contributed by atoms with E-state index in [0.29, 0.717) is 12.5 Å². The van der Waals surface area contributed by atoms with Crippen LogP contribution in [-0.2, 0) is 19.6 Å². The number of aliphatic hydroxyl groups is 1. The molecule has 29 heavy (non-hydrogen) atoms. The quantitative estimate of drug-likeness (QED) is 0.673. The third-order valence-corrected chi connectivity index (χ3v) is 5.93. The van der Waals surface area contributed by atoms with E-state index < -0.39 is 0 Å². The number of rotatable bonds is 6. The molecule has 0 saturated heterocycles. The van der Waals surface area contributed by atoms with Gasteiger partial charge >= 0.3 is 0 Å². The first-order valence-corrected chi connectivity index (χ1v) is 10.4. The first kappa shape index (κ1) is 18.4. The van der Waals surface area contributed by atoms with Crippen LogP contribution in [0, 0.1) is 5.92 Å². The molecule has 1 unspecified atom stereocenters. The summed E-state index contributed by atoms with van der Waals surface area (Å²) in [7, 11) is 0. The lowest BCUT2D eigenvalue weighted by Crippen LogP contribution is -2.35. The first-order chi connectivity index (χ1) is 14.3. The Morgan fingerprint density at radius 2 is 2.10 bits per heavy atom. The Morgan fingerprint density at radius 1 is 1.21 bits per heavy atom. The molecular formula is C22H27N5O2. The Balaban J connectivity index is 1.19. The van der Waals surface area contributed by atoms with E-state index in [2.05, 4.69) is 32.1 Å². The molecule has 0 spiro atoms. The molecule has 0 bridgehead atoms. The highest BCUT2D eigenvalue weighted by Gasteiger charge is 2.33. The maximum Gasteiger partial charge on any atom is 0.212 e. The molecule has 2 aromatic heterocycles. The van der Waals surface area contributed by atoms with Crippen molar-refractivity contribution in [3.63, 3.8) is 0 Å². The number of nitrogens with zero attached hydrogens (tertiary/aromatic N) is 4. The van der Waals surface area contributed by atoms with E-state index in [1.165, 1.54) is 0 Å². The average molecular weight is 393 g/mol. The van der Waals surface area contributed by atoms with Crippen molar-refractivity contribution in [2.45, 2.75) is 51.0 Å². The van der Waals surface area contributed by atoms with Gasteiger partial charge in [-0.1, -0.05) is 30.3 Å². The second-order valence-corrected chi connectivity index (χ2v) is 8.06. The number of benzene rings is 1. The lowest BCUT2D eigenvalue weighted by Gasteiger charge is -2.16. The van der Waals surface area contributed by atoms with Gasteiger partial charge in [-0.3, -0.25) is 0 Å². The molecule has 3 heterocycles. The molecule has 1 aliphatic heterocycles. The molecular weight excluding hydrogens is 366 g/mol. The van der Waals surface area contributed by atoms with E-state index >= 15 is 0 Å². The van der Waals surface area contributed by atoms with Gasteiger partial charge in [0.05, 0.1) is 18.4 Å². The minimum atomic E-state index is -0.336. The van der Waals surface area contributed by atoms with Crippen LogP contribution >= 0.6 is 0 Å². The maximum atomic E-state index is 10.6. The standard InChI is InChI=1S/C22H27N5O2/c28-20-12-16(15-26-9-7-23-22(26)17-5-2-1-3-6-17)11-19(20)24-14-18-13-21-27(25-18)8-4-10-29-21/h1-3,5-7,9,13,16,19-20,24,28H,4,8,10-12,14-15H2/t16?,19-,20-/m1/s1. The van der Waals surface area contributed by atoms with Crippen molar-refractivity contribution in [1.82, 2.24) is 24.6 Å². The highest BCUT2D eigenvalue weighted by Crippen LogP contribution is 2.29. The van der Waals surface area contributed by atoms with Crippen LogP contribution < -0.4 is 10.1 Å². The van der Waals surface area contributed by atoms with Gasteiger partial charge < -0.3 is 19.7 Å². The van der Waals surface area contributed by atoms with Gasteiger partial charge in [0.1, 0.15) is 5.82 Å².